The molecule has 1 saturated heterocycles. The molecule has 0 saturated carbocycles. The summed E-state index contributed by atoms with van der Waals surface area (Å²) >= 11 is 0. The van der Waals surface area contributed by atoms with Crippen molar-refractivity contribution >= 4 is 5.91 Å². The number of ether oxygens (including phenoxy) is 1. The summed E-state index contributed by atoms with van der Waals surface area (Å²) in [6.07, 6.45) is 1.27. The monoisotopic (exact) mass is 290 g/mol. The third kappa shape index (κ3) is 5.48. The molecule has 4 nitrogen and oxygen atoms in total. The molecule has 2 rings (SSSR count). The van der Waals surface area contributed by atoms with Crippen molar-refractivity contribution in [1.82, 2.24) is 10.2 Å². The van der Waals surface area contributed by atoms with Crippen LogP contribution in [0, 0.1) is 0 Å². The van der Waals surface area contributed by atoms with Crippen LogP contribution in [0.3, 0.4) is 0 Å². The first kappa shape index (κ1) is 16.0. The second-order valence-electron chi connectivity index (χ2n) is 5.83. The normalized spacial score (nSPS) is 21.0. The van der Waals surface area contributed by atoms with Crippen molar-refractivity contribution in [3.63, 3.8) is 0 Å². The van der Waals surface area contributed by atoms with Gasteiger partial charge in [0.2, 0.25) is 5.91 Å². The highest BCUT2D eigenvalue weighted by Gasteiger charge is 2.20. The molecule has 0 aliphatic carbocycles. The molecule has 116 valence electrons. The van der Waals surface area contributed by atoms with Gasteiger partial charge in [-0.3, -0.25) is 9.69 Å². The molecule has 1 aliphatic heterocycles. The molecule has 1 fully saturated rings. The highest BCUT2D eigenvalue weighted by molar-refractivity contribution is 5.72. The van der Waals surface area contributed by atoms with Crippen LogP contribution in [0.5, 0.6) is 0 Å². The Labute approximate surface area is 127 Å². The van der Waals surface area contributed by atoms with Crippen molar-refractivity contribution < 1.29 is 9.53 Å². The molecule has 1 amide bonds. The quantitative estimate of drug-likeness (QED) is 0.871. The zero-order chi connectivity index (χ0) is 15.1. The van der Waals surface area contributed by atoms with E-state index in [0.29, 0.717) is 12.5 Å². The molecule has 1 aliphatic rings. The molecule has 0 unspecified atom stereocenters. The van der Waals surface area contributed by atoms with Crippen LogP contribution in [0.2, 0.25) is 0 Å². The predicted molar refractivity (Wildman–Crippen MR) is 84.3 cm³/mol. The molecule has 21 heavy (non-hydrogen) atoms. The molecule has 0 bridgehead atoms. The lowest BCUT2D eigenvalue weighted by molar-refractivity contribution is -0.120. The van der Waals surface area contributed by atoms with Gasteiger partial charge in [0.15, 0.2) is 0 Å². The van der Waals surface area contributed by atoms with Gasteiger partial charge < -0.3 is 10.1 Å². The summed E-state index contributed by atoms with van der Waals surface area (Å²) in [6.45, 7) is 8.16. The van der Waals surface area contributed by atoms with Crippen LogP contribution in [-0.2, 0) is 9.53 Å². The van der Waals surface area contributed by atoms with Gasteiger partial charge in [0.1, 0.15) is 0 Å². The number of nitrogens with zero attached hydrogens (tertiary/aromatic N) is 1. The van der Waals surface area contributed by atoms with Gasteiger partial charge in [0, 0.05) is 26.6 Å². The van der Waals surface area contributed by atoms with E-state index in [1.165, 1.54) is 5.56 Å². The molecule has 0 spiro atoms. The Morgan fingerprint density at radius 3 is 2.90 bits per heavy atom. The minimum absolute atomic E-state index is 0.00780. The van der Waals surface area contributed by atoms with Gasteiger partial charge in [-0.2, -0.15) is 0 Å². The maximum absolute atomic E-state index is 11.0. The SMILES string of the molecule is CC(=O)NC[C@@H]1CN(CC[C@H](C)c2ccccc2)CCO1. The lowest BCUT2D eigenvalue weighted by atomic mass is 9.97. The van der Waals surface area contributed by atoms with Gasteiger partial charge in [-0.05, 0) is 24.4 Å². The van der Waals surface area contributed by atoms with Gasteiger partial charge in [0.05, 0.1) is 12.7 Å². The van der Waals surface area contributed by atoms with E-state index < -0.39 is 0 Å². The lowest BCUT2D eigenvalue weighted by Crippen LogP contribution is -2.47. The number of rotatable bonds is 6. The van der Waals surface area contributed by atoms with Crippen LogP contribution in [0.4, 0.5) is 0 Å². The van der Waals surface area contributed by atoms with E-state index in [0.717, 1.165) is 32.7 Å². The molecule has 1 aromatic rings. The Kier molecular flexibility index (Phi) is 6.21. The summed E-state index contributed by atoms with van der Waals surface area (Å²) < 4.78 is 5.69. The summed E-state index contributed by atoms with van der Waals surface area (Å²) in [4.78, 5) is 13.4. The summed E-state index contributed by atoms with van der Waals surface area (Å²) in [5, 5.41) is 2.84. The highest BCUT2D eigenvalue weighted by Crippen LogP contribution is 2.19. The summed E-state index contributed by atoms with van der Waals surface area (Å²) in [7, 11) is 0. The van der Waals surface area contributed by atoms with Crippen molar-refractivity contribution in [2.24, 2.45) is 0 Å². The first-order valence-electron chi connectivity index (χ1n) is 7.78. The number of hydrogen-bond donors (Lipinski definition) is 1. The number of nitrogens with one attached hydrogen (secondary N) is 1. The third-order valence-corrected chi connectivity index (χ3v) is 4.05. The fourth-order valence-electron chi connectivity index (χ4n) is 2.69. The number of carbonyl (C=O) groups excluding carboxylic acids is 1. The van der Waals surface area contributed by atoms with Crippen LogP contribution < -0.4 is 5.32 Å². The molecular formula is C17H26N2O2. The molecule has 0 aromatic heterocycles. The molecule has 2 atom stereocenters. The summed E-state index contributed by atoms with van der Waals surface area (Å²) in [6, 6.07) is 10.7. The van der Waals surface area contributed by atoms with Crippen LogP contribution in [0.1, 0.15) is 31.7 Å². The lowest BCUT2D eigenvalue weighted by Gasteiger charge is -2.33. The van der Waals surface area contributed by atoms with E-state index in [1.807, 2.05) is 0 Å². The van der Waals surface area contributed by atoms with Crippen molar-refractivity contribution in [3.8, 4) is 0 Å². The smallest absolute Gasteiger partial charge is 0.216 e. The van der Waals surface area contributed by atoms with E-state index in [-0.39, 0.29) is 12.0 Å². The van der Waals surface area contributed by atoms with E-state index in [9.17, 15) is 4.79 Å². The maximum Gasteiger partial charge on any atom is 0.216 e. The average Bonchev–Trinajstić information content (AvgIpc) is 2.52. The van der Waals surface area contributed by atoms with Gasteiger partial charge in [0.25, 0.3) is 0 Å². The van der Waals surface area contributed by atoms with E-state index in [1.54, 1.807) is 6.92 Å². The zero-order valence-electron chi connectivity index (χ0n) is 13.0. The van der Waals surface area contributed by atoms with Gasteiger partial charge in [-0.15, -0.1) is 0 Å². The molecule has 4 heteroatoms. The summed E-state index contributed by atoms with van der Waals surface area (Å²) in [5.74, 6) is 0.580. The van der Waals surface area contributed by atoms with Crippen molar-refractivity contribution in [2.75, 3.05) is 32.8 Å². The van der Waals surface area contributed by atoms with Gasteiger partial charge >= 0.3 is 0 Å². The van der Waals surface area contributed by atoms with E-state index in [4.69, 9.17) is 4.74 Å². The second-order valence-corrected chi connectivity index (χ2v) is 5.83. The Morgan fingerprint density at radius 2 is 2.19 bits per heavy atom. The minimum atomic E-state index is 0.00780. The first-order chi connectivity index (χ1) is 10.1. The standard InChI is InChI=1S/C17H26N2O2/c1-14(16-6-4-3-5-7-16)8-9-19-10-11-21-17(13-19)12-18-15(2)20/h3-7,14,17H,8-13H2,1-2H3,(H,18,20)/t14-,17+/m0/s1. The second kappa shape index (κ2) is 8.15. The first-order valence-corrected chi connectivity index (χ1v) is 7.78. The van der Waals surface area contributed by atoms with Crippen LogP contribution in [0.15, 0.2) is 30.3 Å². The molecule has 0 radical (unpaired) electrons. The Balaban J connectivity index is 1.74. The maximum atomic E-state index is 11.0. The minimum Gasteiger partial charge on any atom is -0.374 e. The van der Waals surface area contributed by atoms with E-state index in [2.05, 4.69) is 47.5 Å². The van der Waals surface area contributed by atoms with Gasteiger partial charge in [-0.25, -0.2) is 0 Å². The number of hydrogen-bond acceptors (Lipinski definition) is 3. The van der Waals surface area contributed by atoms with Crippen molar-refractivity contribution in [1.29, 1.82) is 0 Å². The topological polar surface area (TPSA) is 41.6 Å². The largest absolute Gasteiger partial charge is 0.374 e. The predicted octanol–water partition coefficient (Wildman–Crippen LogP) is 2.02. The fraction of sp³-hybridized carbons (Fsp3) is 0.588. The Hall–Kier alpha value is -1.39. The molecule has 1 N–H and O–H groups in total. The van der Waals surface area contributed by atoms with Crippen molar-refractivity contribution in [2.45, 2.75) is 32.3 Å². The molecular weight excluding hydrogens is 264 g/mol. The zero-order valence-corrected chi connectivity index (χ0v) is 13.0. The highest BCUT2D eigenvalue weighted by atomic mass is 16.5. The van der Waals surface area contributed by atoms with Crippen LogP contribution in [-0.4, -0.2) is 49.7 Å². The molecule has 1 heterocycles. The number of morpholine rings is 1. The number of carbonyl (C=O) groups is 1. The average molecular weight is 290 g/mol. The van der Waals surface area contributed by atoms with Crippen LogP contribution >= 0.6 is 0 Å². The summed E-state index contributed by atoms with van der Waals surface area (Å²) in [5.41, 5.74) is 1.40. The van der Waals surface area contributed by atoms with E-state index >= 15 is 0 Å². The van der Waals surface area contributed by atoms with Crippen LogP contribution in [0.25, 0.3) is 0 Å². The Bertz CT molecular complexity index is 436. The molecule has 1 aromatic carbocycles. The Morgan fingerprint density at radius 1 is 1.43 bits per heavy atom. The number of amides is 1. The van der Waals surface area contributed by atoms with Crippen molar-refractivity contribution in [3.05, 3.63) is 35.9 Å². The third-order valence-electron chi connectivity index (χ3n) is 4.05. The number of benzene rings is 1. The van der Waals surface area contributed by atoms with Gasteiger partial charge in [-0.1, -0.05) is 37.3 Å². The fourth-order valence-corrected chi connectivity index (χ4v) is 2.69.